The van der Waals surface area contributed by atoms with E-state index < -0.39 is 0 Å². The Morgan fingerprint density at radius 2 is 1.80 bits per heavy atom. The van der Waals surface area contributed by atoms with Gasteiger partial charge in [0.2, 0.25) is 0 Å². The molecule has 0 aromatic carbocycles. The highest BCUT2D eigenvalue weighted by Gasteiger charge is 1.94. The maximum Gasteiger partial charge on any atom is 0.130 e. The first-order valence-electron chi connectivity index (χ1n) is 3.76. The smallest absolute Gasteiger partial charge is 0.130 e. The van der Waals surface area contributed by atoms with Gasteiger partial charge in [-0.3, -0.25) is 0 Å². The first-order chi connectivity index (χ1) is 4.85. The average molecular weight is 144 g/mol. The fourth-order valence-corrected chi connectivity index (χ4v) is 0.875. The molecule has 0 unspecified atom stereocenters. The van der Waals surface area contributed by atoms with Gasteiger partial charge in [0.15, 0.2) is 0 Å². The van der Waals surface area contributed by atoms with Crippen molar-refractivity contribution in [3.05, 3.63) is 0 Å². The molecule has 0 fully saturated rings. The fourth-order valence-electron chi connectivity index (χ4n) is 0.875. The molecular weight excluding hydrogens is 128 g/mol. The molecule has 0 heterocycles. The van der Waals surface area contributed by atoms with Gasteiger partial charge in [0, 0.05) is 13.1 Å². The largest absolute Gasteiger partial charge is 0.410 e. The molecule has 0 radical (unpaired) electrons. The van der Waals surface area contributed by atoms with E-state index in [2.05, 4.69) is 19.0 Å². The number of hydrogen-bond acceptors (Lipinski definition) is 2. The first kappa shape index (κ1) is 9.27. The van der Waals surface area contributed by atoms with Crippen molar-refractivity contribution < 1.29 is 5.21 Å². The molecule has 3 nitrogen and oxygen atoms in total. The maximum atomic E-state index is 8.22. The van der Waals surface area contributed by atoms with Crippen LogP contribution in [0.2, 0.25) is 0 Å². The van der Waals surface area contributed by atoms with Crippen LogP contribution in [0.4, 0.5) is 0 Å². The van der Waals surface area contributed by atoms with Crippen molar-refractivity contribution in [1.82, 2.24) is 4.90 Å². The lowest BCUT2D eigenvalue weighted by Gasteiger charge is -2.15. The molecule has 0 aliphatic heterocycles. The van der Waals surface area contributed by atoms with Crippen LogP contribution in [0.15, 0.2) is 5.16 Å². The summed E-state index contributed by atoms with van der Waals surface area (Å²) in [6.07, 6.45) is 3.66. The van der Waals surface area contributed by atoms with E-state index >= 15 is 0 Å². The van der Waals surface area contributed by atoms with E-state index in [1.165, 1.54) is 6.34 Å². The van der Waals surface area contributed by atoms with Gasteiger partial charge in [-0.1, -0.05) is 19.0 Å². The standard InChI is InChI=1S/C7H16N2O/c1-3-5-9(6-4-2)7-8-10/h7,10H,3-6H2,1-2H3. The zero-order valence-corrected chi connectivity index (χ0v) is 6.75. The van der Waals surface area contributed by atoms with E-state index in [0.29, 0.717) is 0 Å². The molecule has 60 valence electrons. The molecule has 10 heavy (non-hydrogen) atoms. The van der Waals surface area contributed by atoms with Gasteiger partial charge in [0.05, 0.1) is 0 Å². The SMILES string of the molecule is CCCN(C=NO)CCC. The van der Waals surface area contributed by atoms with Gasteiger partial charge < -0.3 is 10.1 Å². The van der Waals surface area contributed by atoms with E-state index in [1.807, 2.05) is 4.90 Å². The minimum atomic E-state index is 0.970. The van der Waals surface area contributed by atoms with Crippen LogP contribution in [-0.2, 0) is 0 Å². The molecule has 3 heteroatoms. The topological polar surface area (TPSA) is 35.8 Å². The summed E-state index contributed by atoms with van der Waals surface area (Å²) in [5.74, 6) is 0. The molecular formula is C7H16N2O. The van der Waals surface area contributed by atoms with Crippen molar-refractivity contribution in [3.63, 3.8) is 0 Å². The molecule has 0 aliphatic carbocycles. The second-order valence-corrected chi connectivity index (χ2v) is 2.27. The van der Waals surface area contributed by atoms with Crippen LogP contribution in [0.5, 0.6) is 0 Å². The second kappa shape index (κ2) is 6.39. The highest BCUT2D eigenvalue weighted by molar-refractivity contribution is 5.53. The van der Waals surface area contributed by atoms with Crippen molar-refractivity contribution in [2.45, 2.75) is 26.7 Å². The zero-order chi connectivity index (χ0) is 7.82. The molecule has 1 N–H and O–H groups in total. The summed E-state index contributed by atoms with van der Waals surface area (Å²) in [7, 11) is 0. The molecule has 0 bridgehead atoms. The van der Waals surface area contributed by atoms with Gasteiger partial charge in [-0.05, 0) is 12.8 Å². The maximum absolute atomic E-state index is 8.22. The summed E-state index contributed by atoms with van der Waals surface area (Å²) >= 11 is 0. The molecule has 0 saturated heterocycles. The van der Waals surface area contributed by atoms with Gasteiger partial charge in [-0.25, -0.2) is 0 Å². The van der Waals surface area contributed by atoms with E-state index in [1.54, 1.807) is 0 Å². The Morgan fingerprint density at radius 1 is 1.30 bits per heavy atom. The Balaban J connectivity index is 3.50. The van der Waals surface area contributed by atoms with Crippen molar-refractivity contribution in [1.29, 1.82) is 0 Å². The Bertz CT molecular complexity index is 87.6. The molecule has 0 atom stereocenters. The van der Waals surface area contributed by atoms with Crippen molar-refractivity contribution in [2.75, 3.05) is 13.1 Å². The van der Waals surface area contributed by atoms with Crippen LogP contribution in [0, 0.1) is 0 Å². The average Bonchev–Trinajstić information content (AvgIpc) is 1.90. The van der Waals surface area contributed by atoms with E-state index in [0.717, 1.165) is 25.9 Å². The van der Waals surface area contributed by atoms with Crippen LogP contribution in [0.25, 0.3) is 0 Å². The monoisotopic (exact) mass is 144 g/mol. The quantitative estimate of drug-likeness (QED) is 0.275. The number of hydrogen-bond donors (Lipinski definition) is 1. The third-order valence-electron chi connectivity index (χ3n) is 1.24. The predicted molar refractivity (Wildman–Crippen MR) is 42.4 cm³/mol. The summed E-state index contributed by atoms with van der Waals surface area (Å²) in [5.41, 5.74) is 0. The Labute approximate surface area is 62.3 Å². The van der Waals surface area contributed by atoms with Gasteiger partial charge in [0.25, 0.3) is 0 Å². The second-order valence-electron chi connectivity index (χ2n) is 2.27. The lowest BCUT2D eigenvalue weighted by molar-refractivity contribution is 0.305. The van der Waals surface area contributed by atoms with Crippen LogP contribution in [0.3, 0.4) is 0 Å². The highest BCUT2D eigenvalue weighted by Crippen LogP contribution is 1.89. The van der Waals surface area contributed by atoms with Gasteiger partial charge >= 0.3 is 0 Å². The van der Waals surface area contributed by atoms with Gasteiger partial charge in [0.1, 0.15) is 6.34 Å². The van der Waals surface area contributed by atoms with Crippen LogP contribution >= 0.6 is 0 Å². The molecule has 0 rings (SSSR count). The lowest BCUT2D eigenvalue weighted by atomic mass is 10.4. The minimum absolute atomic E-state index is 0.970. The highest BCUT2D eigenvalue weighted by atomic mass is 16.4. The molecule has 0 saturated carbocycles. The Hall–Kier alpha value is -0.730. The van der Waals surface area contributed by atoms with E-state index in [9.17, 15) is 0 Å². The van der Waals surface area contributed by atoms with E-state index in [4.69, 9.17) is 5.21 Å². The summed E-state index contributed by atoms with van der Waals surface area (Å²) in [6.45, 7) is 6.15. The summed E-state index contributed by atoms with van der Waals surface area (Å²) in [5, 5.41) is 11.2. The third-order valence-corrected chi connectivity index (χ3v) is 1.24. The normalized spacial score (nSPS) is 10.6. The van der Waals surface area contributed by atoms with Crippen LogP contribution < -0.4 is 0 Å². The Kier molecular flexibility index (Phi) is 5.92. The molecule has 0 aromatic heterocycles. The molecule has 0 aliphatic rings. The van der Waals surface area contributed by atoms with Gasteiger partial charge in [-0.15, -0.1) is 0 Å². The minimum Gasteiger partial charge on any atom is -0.410 e. The number of nitrogens with zero attached hydrogens (tertiary/aromatic N) is 2. The van der Waals surface area contributed by atoms with Crippen LogP contribution in [-0.4, -0.2) is 29.5 Å². The molecule has 0 amide bonds. The summed E-state index contributed by atoms with van der Waals surface area (Å²) in [6, 6.07) is 0. The van der Waals surface area contributed by atoms with E-state index in [-0.39, 0.29) is 0 Å². The zero-order valence-electron chi connectivity index (χ0n) is 6.75. The summed E-state index contributed by atoms with van der Waals surface area (Å²) in [4.78, 5) is 2.00. The number of oxime groups is 1. The third kappa shape index (κ3) is 4.18. The van der Waals surface area contributed by atoms with Crippen molar-refractivity contribution in [2.24, 2.45) is 5.16 Å². The first-order valence-corrected chi connectivity index (χ1v) is 3.76. The molecule has 0 spiro atoms. The molecule has 0 aromatic rings. The fraction of sp³-hybridized carbons (Fsp3) is 0.857. The predicted octanol–water partition coefficient (Wildman–Crippen LogP) is 1.53. The summed E-state index contributed by atoms with van der Waals surface area (Å²) < 4.78 is 0. The Morgan fingerprint density at radius 3 is 2.10 bits per heavy atom. The van der Waals surface area contributed by atoms with Crippen LogP contribution in [0.1, 0.15) is 26.7 Å². The lowest BCUT2D eigenvalue weighted by Crippen LogP contribution is -2.23. The van der Waals surface area contributed by atoms with Gasteiger partial charge in [-0.2, -0.15) is 0 Å². The number of rotatable bonds is 5. The van der Waals surface area contributed by atoms with Crippen molar-refractivity contribution in [3.8, 4) is 0 Å². The van der Waals surface area contributed by atoms with Crippen molar-refractivity contribution >= 4 is 6.34 Å².